The number of rotatable bonds is 7. The summed E-state index contributed by atoms with van der Waals surface area (Å²) in [7, 11) is -3.57. The summed E-state index contributed by atoms with van der Waals surface area (Å²) in [6.45, 7) is 3.65. The number of amides is 2. The molecule has 172 valence electrons. The van der Waals surface area contributed by atoms with Crippen LogP contribution in [0.1, 0.15) is 51.9 Å². The van der Waals surface area contributed by atoms with Gasteiger partial charge in [-0.25, -0.2) is 13.1 Å². The molecule has 0 bridgehead atoms. The van der Waals surface area contributed by atoms with Gasteiger partial charge in [0.05, 0.1) is 4.90 Å². The molecule has 7 nitrogen and oxygen atoms in total. The van der Waals surface area contributed by atoms with Crippen molar-refractivity contribution in [2.45, 2.75) is 62.8 Å². The number of sulfonamides is 1. The van der Waals surface area contributed by atoms with Gasteiger partial charge in [0.2, 0.25) is 21.8 Å². The summed E-state index contributed by atoms with van der Waals surface area (Å²) in [5.74, 6) is -0.00402. The lowest BCUT2D eigenvalue weighted by Crippen LogP contribution is -2.50. The Morgan fingerprint density at radius 3 is 2.29 bits per heavy atom. The minimum atomic E-state index is -3.57. The summed E-state index contributed by atoms with van der Waals surface area (Å²) >= 11 is 5.82. The third kappa shape index (κ3) is 6.67. The maximum Gasteiger partial charge on any atom is 0.244 e. The van der Waals surface area contributed by atoms with Gasteiger partial charge in [0.25, 0.3) is 0 Å². The summed E-state index contributed by atoms with van der Waals surface area (Å²) < 4.78 is 27.5. The smallest absolute Gasteiger partial charge is 0.244 e. The number of carbonyl (C=O) groups is 2. The van der Waals surface area contributed by atoms with Gasteiger partial charge in [0.1, 0.15) is 6.04 Å². The quantitative estimate of drug-likeness (QED) is 0.641. The zero-order valence-electron chi connectivity index (χ0n) is 18.0. The molecule has 0 spiro atoms. The molecule has 1 saturated carbocycles. The van der Waals surface area contributed by atoms with Gasteiger partial charge in [-0.3, -0.25) is 9.59 Å². The number of piperidine rings is 1. The van der Waals surface area contributed by atoms with Crippen LogP contribution in [0.5, 0.6) is 0 Å². The molecule has 9 heteroatoms. The van der Waals surface area contributed by atoms with Crippen LogP contribution in [-0.4, -0.2) is 50.8 Å². The van der Waals surface area contributed by atoms with Crippen molar-refractivity contribution >= 4 is 33.4 Å². The van der Waals surface area contributed by atoms with Gasteiger partial charge < -0.3 is 10.2 Å². The van der Waals surface area contributed by atoms with Crippen LogP contribution < -0.4 is 10.0 Å². The van der Waals surface area contributed by atoms with Crippen LogP contribution in [-0.2, 0) is 19.6 Å². The van der Waals surface area contributed by atoms with E-state index < -0.39 is 16.1 Å². The Balaban J connectivity index is 1.42. The van der Waals surface area contributed by atoms with Crippen molar-refractivity contribution in [3.8, 4) is 0 Å². The van der Waals surface area contributed by atoms with Gasteiger partial charge in [-0.1, -0.05) is 11.6 Å². The largest absolute Gasteiger partial charge is 0.344 e. The number of hydrogen-bond donors (Lipinski definition) is 2. The highest BCUT2D eigenvalue weighted by Crippen LogP contribution is 2.29. The van der Waals surface area contributed by atoms with Gasteiger partial charge in [-0.2, -0.15) is 0 Å². The molecule has 1 aromatic rings. The van der Waals surface area contributed by atoms with E-state index in [1.54, 1.807) is 19.1 Å². The van der Waals surface area contributed by atoms with E-state index in [4.69, 9.17) is 11.6 Å². The maximum atomic E-state index is 12.6. The standard InChI is InChI=1S/C22H32ClN3O4S/c1-16(22(28)26-13-3-2-4-14-26)25-21(27)18-7-5-17(6-8-18)15-24-31(29,30)20-11-9-19(23)10-12-20/h9-12,16-18,24H,2-8,13-15H2,1H3,(H,25,27). The van der Waals surface area contributed by atoms with Gasteiger partial charge in [-0.15, -0.1) is 0 Å². The van der Waals surface area contributed by atoms with Crippen LogP contribution in [0.25, 0.3) is 0 Å². The van der Waals surface area contributed by atoms with Crippen molar-refractivity contribution in [3.63, 3.8) is 0 Å². The normalized spacial score (nSPS) is 23.2. The molecule has 2 aliphatic rings. The van der Waals surface area contributed by atoms with Crippen molar-refractivity contribution in [2.75, 3.05) is 19.6 Å². The van der Waals surface area contributed by atoms with Crippen LogP contribution in [0, 0.1) is 11.8 Å². The van der Waals surface area contributed by atoms with E-state index in [0.29, 0.717) is 24.4 Å². The first-order valence-corrected chi connectivity index (χ1v) is 13.0. The lowest BCUT2D eigenvalue weighted by molar-refractivity contribution is -0.138. The van der Waals surface area contributed by atoms with Crippen molar-refractivity contribution in [1.29, 1.82) is 0 Å². The second-order valence-electron chi connectivity index (χ2n) is 8.64. The molecule has 2 N–H and O–H groups in total. The summed E-state index contributed by atoms with van der Waals surface area (Å²) in [6.07, 6.45) is 6.15. The SMILES string of the molecule is CC(NC(=O)C1CCC(CNS(=O)(=O)c2ccc(Cl)cc2)CC1)C(=O)N1CCCCC1. The van der Waals surface area contributed by atoms with Gasteiger partial charge >= 0.3 is 0 Å². The van der Waals surface area contributed by atoms with E-state index in [1.165, 1.54) is 12.1 Å². The highest BCUT2D eigenvalue weighted by molar-refractivity contribution is 7.89. The Morgan fingerprint density at radius 1 is 1.06 bits per heavy atom. The third-order valence-electron chi connectivity index (χ3n) is 6.30. The molecule has 0 aromatic heterocycles. The maximum absolute atomic E-state index is 12.6. The highest BCUT2D eigenvalue weighted by atomic mass is 35.5. The van der Waals surface area contributed by atoms with E-state index in [9.17, 15) is 18.0 Å². The van der Waals surface area contributed by atoms with Crippen molar-refractivity contribution in [2.24, 2.45) is 11.8 Å². The lowest BCUT2D eigenvalue weighted by Gasteiger charge is -2.31. The molecule has 2 amide bonds. The molecular weight excluding hydrogens is 438 g/mol. The summed E-state index contributed by atoms with van der Waals surface area (Å²) in [6, 6.07) is 5.57. The Kier molecular flexibility index (Phi) is 8.36. The number of halogens is 1. The number of nitrogens with zero attached hydrogens (tertiary/aromatic N) is 1. The molecule has 1 unspecified atom stereocenters. The summed E-state index contributed by atoms with van der Waals surface area (Å²) in [5, 5.41) is 3.38. The topological polar surface area (TPSA) is 95.6 Å². The lowest BCUT2D eigenvalue weighted by atomic mass is 9.81. The zero-order valence-corrected chi connectivity index (χ0v) is 19.6. The zero-order chi connectivity index (χ0) is 22.4. The predicted octanol–water partition coefficient (Wildman–Crippen LogP) is 2.94. The van der Waals surface area contributed by atoms with Crippen LogP contribution in [0.3, 0.4) is 0 Å². The molecule has 31 heavy (non-hydrogen) atoms. The van der Waals surface area contributed by atoms with E-state index in [1.807, 2.05) is 4.90 Å². The monoisotopic (exact) mass is 469 g/mol. The molecule has 0 radical (unpaired) electrons. The average molecular weight is 470 g/mol. The fourth-order valence-corrected chi connectivity index (χ4v) is 5.58. The molecule has 1 aromatic carbocycles. The van der Waals surface area contributed by atoms with Crippen LogP contribution in [0.4, 0.5) is 0 Å². The van der Waals surface area contributed by atoms with Gasteiger partial charge in [-0.05, 0) is 82.1 Å². The Labute approximate surface area is 190 Å². The van der Waals surface area contributed by atoms with E-state index in [0.717, 1.165) is 45.2 Å². The average Bonchev–Trinajstić information content (AvgIpc) is 2.78. The number of likely N-dealkylation sites (tertiary alicyclic amines) is 1. The molecule has 3 rings (SSSR count). The first-order chi connectivity index (χ1) is 14.8. The van der Waals surface area contributed by atoms with Crippen LogP contribution in [0.2, 0.25) is 5.02 Å². The fraction of sp³-hybridized carbons (Fsp3) is 0.636. The summed E-state index contributed by atoms with van der Waals surface area (Å²) in [5.41, 5.74) is 0. The highest BCUT2D eigenvalue weighted by Gasteiger charge is 2.30. The molecular formula is C22H32ClN3O4S. The van der Waals surface area contributed by atoms with Crippen molar-refractivity contribution in [3.05, 3.63) is 29.3 Å². The number of benzene rings is 1. The number of carbonyl (C=O) groups excluding carboxylic acids is 2. The third-order valence-corrected chi connectivity index (χ3v) is 7.99. The van der Waals surface area contributed by atoms with E-state index in [2.05, 4.69) is 10.0 Å². The predicted molar refractivity (Wildman–Crippen MR) is 120 cm³/mol. The molecule has 1 atom stereocenters. The van der Waals surface area contributed by atoms with E-state index in [-0.39, 0.29) is 28.5 Å². The minimum Gasteiger partial charge on any atom is -0.344 e. The number of nitrogens with one attached hydrogen (secondary N) is 2. The van der Waals surface area contributed by atoms with Crippen LogP contribution >= 0.6 is 11.6 Å². The second kappa shape index (κ2) is 10.8. The Hall–Kier alpha value is -1.64. The molecule has 1 heterocycles. The number of hydrogen-bond acceptors (Lipinski definition) is 4. The first kappa shape index (κ1) is 24.0. The second-order valence-corrected chi connectivity index (χ2v) is 10.8. The van der Waals surface area contributed by atoms with Gasteiger partial charge in [0, 0.05) is 30.6 Å². The van der Waals surface area contributed by atoms with Crippen molar-refractivity contribution < 1.29 is 18.0 Å². The Bertz CT molecular complexity index is 861. The van der Waals surface area contributed by atoms with Gasteiger partial charge in [0.15, 0.2) is 0 Å². The molecule has 1 aliphatic heterocycles. The summed E-state index contributed by atoms with van der Waals surface area (Å²) in [4.78, 5) is 27.2. The van der Waals surface area contributed by atoms with Crippen molar-refractivity contribution in [1.82, 2.24) is 14.9 Å². The molecule has 1 aliphatic carbocycles. The first-order valence-electron chi connectivity index (χ1n) is 11.1. The van der Waals surface area contributed by atoms with E-state index >= 15 is 0 Å². The van der Waals surface area contributed by atoms with Crippen LogP contribution in [0.15, 0.2) is 29.2 Å². The Morgan fingerprint density at radius 2 is 1.68 bits per heavy atom. The molecule has 2 fully saturated rings. The fourth-order valence-electron chi connectivity index (χ4n) is 4.33. The molecule has 1 saturated heterocycles. The minimum absolute atomic E-state index is 0.00154.